The molecule has 0 saturated heterocycles. The van der Waals surface area contributed by atoms with E-state index < -0.39 is 11.6 Å². The molecule has 0 saturated carbocycles. The van der Waals surface area contributed by atoms with Crippen LogP contribution in [0.4, 0.5) is 26.2 Å². The van der Waals surface area contributed by atoms with Crippen LogP contribution in [0.25, 0.3) is 0 Å². The first-order chi connectivity index (χ1) is 11.2. The number of halogens is 2. The summed E-state index contributed by atoms with van der Waals surface area (Å²) in [6.45, 7) is 0.549. The van der Waals surface area contributed by atoms with Gasteiger partial charge in [0.15, 0.2) is 0 Å². The molecule has 0 fully saturated rings. The zero-order chi connectivity index (χ0) is 16.1. The summed E-state index contributed by atoms with van der Waals surface area (Å²) >= 11 is 0. The van der Waals surface area contributed by atoms with Gasteiger partial charge >= 0.3 is 0 Å². The van der Waals surface area contributed by atoms with Gasteiger partial charge in [-0.1, -0.05) is 6.07 Å². The predicted octanol–water partition coefficient (Wildman–Crippen LogP) is 3.51. The van der Waals surface area contributed by atoms with Gasteiger partial charge in [0.1, 0.15) is 23.1 Å². The SMILES string of the molecule is Fc1cccc(F)c1Nc1nccc(NCc2ccncc2)n1. The molecule has 1 aromatic carbocycles. The van der Waals surface area contributed by atoms with E-state index in [1.165, 1.54) is 12.3 Å². The number of rotatable bonds is 5. The minimum absolute atomic E-state index is 0.105. The van der Waals surface area contributed by atoms with Crippen LogP contribution >= 0.6 is 0 Å². The van der Waals surface area contributed by atoms with Crippen LogP contribution in [0.1, 0.15) is 5.56 Å². The number of nitrogens with one attached hydrogen (secondary N) is 2. The second-order valence-electron chi connectivity index (χ2n) is 4.70. The molecule has 23 heavy (non-hydrogen) atoms. The molecule has 0 radical (unpaired) electrons. The van der Waals surface area contributed by atoms with Gasteiger partial charge in [-0.2, -0.15) is 4.98 Å². The van der Waals surface area contributed by atoms with E-state index >= 15 is 0 Å². The maximum Gasteiger partial charge on any atom is 0.229 e. The lowest BCUT2D eigenvalue weighted by Gasteiger charge is -2.09. The van der Waals surface area contributed by atoms with Crippen molar-refractivity contribution in [3.8, 4) is 0 Å². The van der Waals surface area contributed by atoms with Crippen molar-refractivity contribution in [3.05, 3.63) is 72.2 Å². The lowest BCUT2D eigenvalue weighted by Crippen LogP contribution is -2.05. The second-order valence-corrected chi connectivity index (χ2v) is 4.70. The van der Waals surface area contributed by atoms with Crippen LogP contribution in [-0.4, -0.2) is 15.0 Å². The van der Waals surface area contributed by atoms with E-state index in [0.717, 1.165) is 17.7 Å². The van der Waals surface area contributed by atoms with Gasteiger partial charge in [-0.25, -0.2) is 13.8 Å². The fourth-order valence-electron chi connectivity index (χ4n) is 1.94. The van der Waals surface area contributed by atoms with Crippen molar-refractivity contribution in [1.82, 2.24) is 15.0 Å². The average Bonchev–Trinajstić information content (AvgIpc) is 2.58. The number of pyridine rings is 1. The van der Waals surface area contributed by atoms with E-state index in [9.17, 15) is 8.78 Å². The Hall–Kier alpha value is -3.09. The molecular weight excluding hydrogens is 300 g/mol. The number of hydrogen-bond acceptors (Lipinski definition) is 5. The van der Waals surface area contributed by atoms with Gasteiger partial charge in [0.05, 0.1) is 0 Å². The van der Waals surface area contributed by atoms with Gasteiger partial charge in [0.2, 0.25) is 5.95 Å². The van der Waals surface area contributed by atoms with Crippen LogP contribution in [0.5, 0.6) is 0 Å². The topological polar surface area (TPSA) is 62.7 Å². The van der Waals surface area contributed by atoms with E-state index in [0.29, 0.717) is 12.4 Å². The van der Waals surface area contributed by atoms with Gasteiger partial charge in [0.25, 0.3) is 0 Å². The monoisotopic (exact) mass is 313 g/mol. The summed E-state index contributed by atoms with van der Waals surface area (Å²) in [4.78, 5) is 12.1. The molecule has 5 nitrogen and oxygen atoms in total. The van der Waals surface area contributed by atoms with Gasteiger partial charge in [-0.05, 0) is 35.9 Å². The molecule has 3 aromatic rings. The molecule has 2 aromatic heterocycles. The van der Waals surface area contributed by atoms with Crippen LogP contribution in [-0.2, 0) is 6.54 Å². The lowest BCUT2D eigenvalue weighted by atomic mass is 10.3. The maximum atomic E-state index is 13.6. The maximum absolute atomic E-state index is 13.6. The fraction of sp³-hybridized carbons (Fsp3) is 0.0625. The lowest BCUT2D eigenvalue weighted by molar-refractivity contribution is 0.590. The van der Waals surface area contributed by atoms with E-state index in [-0.39, 0.29) is 11.6 Å². The highest BCUT2D eigenvalue weighted by Crippen LogP contribution is 2.21. The van der Waals surface area contributed by atoms with Crippen molar-refractivity contribution >= 4 is 17.5 Å². The molecule has 0 aliphatic carbocycles. The van der Waals surface area contributed by atoms with Crippen LogP contribution in [0.3, 0.4) is 0 Å². The number of para-hydroxylation sites is 1. The summed E-state index contributed by atoms with van der Waals surface area (Å²) in [5, 5.41) is 5.67. The summed E-state index contributed by atoms with van der Waals surface area (Å²) in [5.74, 6) is -0.766. The quantitative estimate of drug-likeness (QED) is 0.755. The normalized spacial score (nSPS) is 10.3. The van der Waals surface area contributed by atoms with Gasteiger partial charge in [-0.3, -0.25) is 4.98 Å². The highest BCUT2D eigenvalue weighted by Gasteiger charge is 2.10. The van der Waals surface area contributed by atoms with Crippen molar-refractivity contribution in [1.29, 1.82) is 0 Å². The first kappa shape index (κ1) is 14.8. The third-order valence-corrected chi connectivity index (χ3v) is 3.08. The summed E-state index contributed by atoms with van der Waals surface area (Å²) in [6, 6.07) is 9.05. The van der Waals surface area contributed by atoms with Crippen molar-refractivity contribution in [3.63, 3.8) is 0 Å². The molecular formula is C16H13F2N5. The van der Waals surface area contributed by atoms with Crippen molar-refractivity contribution in [2.24, 2.45) is 0 Å². The molecule has 0 atom stereocenters. The highest BCUT2D eigenvalue weighted by molar-refractivity contribution is 5.56. The molecule has 0 bridgehead atoms. The summed E-state index contributed by atoms with van der Waals surface area (Å²) in [7, 11) is 0. The fourth-order valence-corrected chi connectivity index (χ4v) is 1.94. The summed E-state index contributed by atoms with van der Waals surface area (Å²) in [5.41, 5.74) is 0.757. The van der Waals surface area contributed by atoms with Crippen molar-refractivity contribution in [2.75, 3.05) is 10.6 Å². The molecule has 3 rings (SSSR count). The number of nitrogens with zero attached hydrogens (tertiary/aromatic N) is 3. The molecule has 7 heteroatoms. The molecule has 0 amide bonds. The molecule has 0 aliphatic rings. The zero-order valence-electron chi connectivity index (χ0n) is 12.0. The van der Waals surface area contributed by atoms with Crippen LogP contribution in [0.15, 0.2) is 55.0 Å². The Bertz CT molecular complexity index is 775. The second kappa shape index (κ2) is 6.78. The Kier molecular flexibility index (Phi) is 4.37. The Morgan fingerprint density at radius 2 is 1.65 bits per heavy atom. The Morgan fingerprint density at radius 1 is 0.913 bits per heavy atom. The smallest absolute Gasteiger partial charge is 0.229 e. The Morgan fingerprint density at radius 3 is 2.39 bits per heavy atom. The molecule has 2 N–H and O–H groups in total. The highest BCUT2D eigenvalue weighted by atomic mass is 19.1. The number of hydrogen-bond donors (Lipinski definition) is 2. The number of aromatic nitrogens is 3. The summed E-state index contributed by atoms with van der Waals surface area (Å²) in [6.07, 6.45) is 4.90. The minimum atomic E-state index is -0.705. The van der Waals surface area contributed by atoms with Crippen LogP contribution in [0, 0.1) is 11.6 Å². The third kappa shape index (κ3) is 3.76. The molecule has 0 spiro atoms. The first-order valence-corrected chi connectivity index (χ1v) is 6.89. The number of anilines is 3. The van der Waals surface area contributed by atoms with Crippen LogP contribution in [0.2, 0.25) is 0 Å². The van der Waals surface area contributed by atoms with Crippen molar-refractivity contribution < 1.29 is 8.78 Å². The van der Waals surface area contributed by atoms with Gasteiger partial charge in [-0.15, -0.1) is 0 Å². The van der Waals surface area contributed by atoms with E-state index in [4.69, 9.17) is 0 Å². The minimum Gasteiger partial charge on any atom is -0.366 e. The molecule has 116 valence electrons. The number of benzene rings is 1. The zero-order valence-corrected chi connectivity index (χ0v) is 12.0. The molecule has 0 unspecified atom stereocenters. The predicted molar refractivity (Wildman–Crippen MR) is 83.2 cm³/mol. The van der Waals surface area contributed by atoms with E-state index in [1.54, 1.807) is 18.5 Å². The molecule has 2 heterocycles. The van der Waals surface area contributed by atoms with Gasteiger partial charge < -0.3 is 10.6 Å². The average molecular weight is 313 g/mol. The first-order valence-electron chi connectivity index (χ1n) is 6.89. The van der Waals surface area contributed by atoms with E-state index in [2.05, 4.69) is 25.6 Å². The van der Waals surface area contributed by atoms with Gasteiger partial charge in [0, 0.05) is 25.1 Å². The van der Waals surface area contributed by atoms with Crippen molar-refractivity contribution in [2.45, 2.75) is 6.54 Å². The van der Waals surface area contributed by atoms with E-state index in [1.807, 2.05) is 12.1 Å². The third-order valence-electron chi connectivity index (χ3n) is 3.08. The summed E-state index contributed by atoms with van der Waals surface area (Å²) < 4.78 is 27.3. The van der Waals surface area contributed by atoms with Crippen LogP contribution < -0.4 is 10.6 Å². The Balaban J connectivity index is 1.72. The molecule has 0 aliphatic heterocycles. The largest absolute Gasteiger partial charge is 0.366 e. The Labute approximate surface area is 131 Å². The standard InChI is InChI=1S/C16H13F2N5/c17-12-2-1-3-13(18)15(12)23-16-20-9-6-14(22-16)21-10-11-4-7-19-8-5-11/h1-9H,10H2,(H2,20,21,22,23).